The van der Waals surface area contributed by atoms with E-state index in [1.807, 2.05) is 24.8 Å². The maximum Gasteiger partial charge on any atom is 0.258 e. The van der Waals surface area contributed by atoms with Crippen molar-refractivity contribution in [3.8, 4) is 0 Å². The third kappa shape index (κ3) is 2.61. The summed E-state index contributed by atoms with van der Waals surface area (Å²) < 4.78 is 5.35. The highest BCUT2D eigenvalue weighted by Gasteiger charge is 2.26. The van der Waals surface area contributed by atoms with Crippen LogP contribution < -0.4 is 5.32 Å². The molecule has 1 aromatic heterocycles. The molecule has 0 radical (unpaired) electrons. The first-order chi connectivity index (χ1) is 8.74. The molecule has 0 bridgehead atoms. The molecule has 1 fully saturated rings. The number of ether oxygens (including phenoxy) is 1. The lowest BCUT2D eigenvalue weighted by molar-refractivity contribution is 0.00363. The van der Waals surface area contributed by atoms with Crippen molar-refractivity contribution >= 4 is 11.7 Å². The average Bonchev–Trinajstić information content (AvgIpc) is 2.40. The van der Waals surface area contributed by atoms with Gasteiger partial charge in [-0.2, -0.15) is 0 Å². The summed E-state index contributed by atoms with van der Waals surface area (Å²) in [6.07, 6.45) is 1.69. The van der Waals surface area contributed by atoms with E-state index in [-0.39, 0.29) is 11.9 Å². The third-order valence-electron chi connectivity index (χ3n) is 3.01. The highest BCUT2D eigenvalue weighted by atomic mass is 16.5. The molecule has 1 N–H and O–H groups in total. The fraction of sp³-hybridized carbons (Fsp3) is 0.538. The molecule has 18 heavy (non-hydrogen) atoms. The lowest BCUT2D eigenvalue weighted by atomic mass is 10.1. The van der Waals surface area contributed by atoms with Crippen LogP contribution in [0.3, 0.4) is 0 Å². The van der Waals surface area contributed by atoms with Gasteiger partial charge in [-0.15, -0.1) is 0 Å². The number of carbonyl (C=O) groups is 1. The van der Waals surface area contributed by atoms with Crippen LogP contribution in [-0.2, 0) is 4.74 Å². The van der Waals surface area contributed by atoms with Crippen LogP contribution in [0.2, 0.25) is 0 Å². The first-order valence-electron chi connectivity index (χ1n) is 6.31. The predicted octanol–water partition coefficient (Wildman–Crippen LogP) is 1.37. The number of anilines is 1. The molecule has 1 aliphatic rings. The quantitative estimate of drug-likeness (QED) is 0.879. The van der Waals surface area contributed by atoms with Crippen molar-refractivity contribution in [3.05, 3.63) is 23.9 Å². The number of nitrogens with zero attached hydrogens (tertiary/aromatic N) is 2. The SMILES string of the molecule is CCNc1ncccc1C(=O)N1CCOCC1C. The van der Waals surface area contributed by atoms with Gasteiger partial charge in [-0.3, -0.25) is 4.79 Å². The van der Waals surface area contributed by atoms with Gasteiger partial charge in [0, 0.05) is 19.3 Å². The summed E-state index contributed by atoms with van der Waals surface area (Å²) >= 11 is 0. The Morgan fingerprint density at radius 3 is 3.22 bits per heavy atom. The Bertz CT molecular complexity index is 422. The summed E-state index contributed by atoms with van der Waals surface area (Å²) in [6.45, 7) is 6.58. The zero-order valence-electron chi connectivity index (χ0n) is 10.8. The Kier molecular flexibility index (Phi) is 4.15. The number of carbonyl (C=O) groups excluding carboxylic acids is 1. The number of amides is 1. The normalized spacial score (nSPS) is 19.7. The van der Waals surface area contributed by atoms with Crippen molar-refractivity contribution in [2.75, 3.05) is 31.6 Å². The Hall–Kier alpha value is -1.62. The Morgan fingerprint density at radius 2 is 2.50 bits per heavy atom. The van der Waals surface area contributed by atoms with Crippen LogP contribution in [0, 0.1) is 0 Å². The molecule has 1 aromatic rings. The number of aromatic nitrogens is 1. The number of hydrogen-bond acceptors (Lipinski definition) is 4. The van der Waals surface area contributed by atoms with Gasteiger partial charge in [0.2, 0.25) is 0 Å². The van der Waals surface area contributed by atoms with Crippen molar-refractivity contribution in [3.63, 3.8) is 0 Å². The minimum absolute atomic E-state index is 0.0230. The molecular weight excluding hydrogens is 230 g/mol. The maximum atomic E-state index is 12.5. The van der Waals surface area contributed by atoms with E-state index >= 15 is 0 Å². The smallest absolute Gasteiger partial charge is 0.258 e. The van der Waals surface area contributed by atoms with E-state index in [4.69, 9.17) is 4.74 Å². The van der Waals surface area contributed by atoms with E-state index in [9.17, 15) is 4.79 Å². The van der Waals surface area contributed by atoms with Gasteiger partial charge >= 0.3 is 0 Å². The summed E-state index contributed by atoms with van der Waals surface area (Å²) in [5.41, 5.74) is 0.633. The summed E-state index contributed by atoms with van der Waals surface area (Å²) in [4.78, 5) is 18.6. The molecule has 1 aliphatic heterocycles. The van der Waals surface area contributed by atoms with Crippen molar-refractivity contribution in [1.29, 1.82) is 0 Å². The van der Waals surface area contributed by atoms with Crippen LogP contribution in [0.15, 0.2) is 18.3 Å². The van der Waals surface area contributed by atoms with Gasteiger partial charge in [0.1, 0.15) is 5.82 Å². The topological polar surface area (TPSA) is 54.5 Å². The van der Waals surface area contributed by atoms with Crippen LogP contribution in [-0.4, -0.2) is 48.1 Å². The fourth-order valence-electron chi connectivity index (χ4n) is 2.07. The second-order valence-electron chi connectivity index (χ2n) is 4.35. The molecule has 98 valence electrons. The lowest BCUT2D eigenvalue weighted by Gasteiger charge is -2.33. The molecule has 2 rings (SSSR count). The molecule has 1 amide bonds. The standard InChI is InChI=1S/C13H19N3O2/c1-3-14-12-11(5-4-6-15-12)13(17)16-7-8-18-9-10(16)2/h4-6,10H,3,7-9H2,1-2H3,(H,14,15). The number of morpholine rings is 1. The first-order valence-corrected chi connectivity index (χ1v) is 6.31. The fourth-order valence-corrected chi connectivity index (χ4v) is 2.07. The number of rotatable bonds is 3. The van der Waals surface area contributed by atoms with Gasteiger partial charge in [-0.1, -0.05) is 0 Å². The van der Waals surface area contributed by atoms with Gasteiger partial charge in [-0.05, 0) is 26.0 Å². The molecule has 1 unspecified atom stereocenters. The molecule has 1 atom stereocenters. The van der Waals surface area contributed by atoms with E-state index in [0.29, 0.717) is 31.1 Å². The molecule has 2 heterocycles. The van der Waals surface area contributed by atoms with Gasteiger partial charge in [0.15, 0.2) is 0 Å². The molecular formula is C13H19N3O2. The third-order valence-corrected chi connectivity index (χ3v) is 3.01. The second-order valence-corrected chi connectivity index (χ2v) is 4.35. The Morgan fingerprint density at radius 1 is 1.67 bits per heavy atom. The molecule has 0 saturated carbocycles. The largest absolute Gasteiger partial charge is 0.377 e. The summed E-state index contributed by atoms with van der Waals surface area (Å²) in [5.74, 6) is 0.679. The Labute approximate surface area is 107 Å². The first kappa shape index (κ1) is 12.8. The highest BCUT2D eigenvalue weighted by molar-refractivity contribution is 5.98. The molecule has 5 nitrogen and oxygen atoms in total. The van der Waals surface area contributed by atoms with Gasteiger partial charge in [-0.25, -0.2) is 4.98 Å². The Balaban J connectivity index is 2.22. The predicted molar refractivity (Wildman–Crippen MR) is 69.7 cm³/mol. The average molecular weight is 249 g/mol. The minimum Gasteiger partial charge on any atom is -0.377 e. The van der Waals surface area contributed by atoms with Crippen LogP contribution >= 0.6 is 0 Å². The number of pyridine rings is 1. The molecule has 0 spiro atoms. The zero-order chi connectivity index (χ0) is 13.0. The molecule has 0 aromatic carbocycles. The van der Waals surface area contributed by atoms with E-state index in [0.717, 1.165) is 6.54 Å². The zero-order valence-corrected chi connectivity index (χ0v) is 10.8. The minimum atomic E-state index is 0.0230. The maximum absolute atomic E-state index is 12.5. The van der Waals surface area contributed by atoms with E-state index in [2.05, 4.69) is 10.3 Å². The van der Waals surface area contributed by atoms with Crippen molar-refractivity contribution in [1.82, 2.24) is 9.88 Å². The van der Waals surface area contributed by atoms with Crippen molar-refractivity contribution in [2.24, 2.45) is 0 Å². The van der Waals surface area contributed by atoms with E-state index in [1.54, 1.807) is 12.3 Å². The van der Waals surface area contributed by atoms with Gasteiger partial charge in [0.25, 0.3) is 5.91 Å². The van der Waals surface area contributed by atoms with Crippen molar-refractivity contribution < 1.29 is 9.53 Å². The van der Waals surface area contributed by atoms with Gasteiger partial charge in [0.05, 0.1) is 24.8 Å². The van der Waals surface area contributed by atoms with Crippen LogP contribution in [0.4, 0.5) is 5.82 Å². The molecule has 0 aliphatic carbocycles. The van der Waals surface area contributed by atoms with Crippen LogP contribution in [0.25, 0.3) is 0 Å². The number of nitrogens with one attached hydrogen (secondary N) is 1. The highest BCUT2D eigenvalue weighted by Crippen LogP contribution is 2.17. The summed E-state index contributed by atoms with van der Waals surface area (Å²) in [5, 5.41) is 3.12. The summed E-state index contributed by atoms with van der Waals surface area (Å²) in [7, 11) is 0. The van der Waals surface area contributed by atoms with E-state index < -0.39 is 0 Å². The molecule has 1 saturated heterocycles. The second kappa shape index (κ2) is 5.82. The van der Waals surface area contributed by atoms with Crippen LogP contribution in [0.5, 0.6) is 0 Å². The van der Waals surface area contributed by atoms with E-state index in [1.165, 1.54) is 0 Å². The molecule has 5 heteroatoms. The monoisotopic (exact) mass is 249 g/mol. The van der Waals surface area contributed by atoms with Gasteiger partial charge < -0.3 is 15.0 Å². The summed E-state index contributed by atoms with van der Waals surface area (Å²) in [6, 6.07) is 3.72. The van der Waals surface area contributed by atoms with Crippen LogP contribution in [0.1, 0.15) is 24.2 Å². The lowest BCUT2D eigenvalue weighted by Crippen LogP contribution is -2.47. The van der Waals surface area contributed by atoms with Crippen molar-refractivity contribution in [2.45, 2.75) is 19.9 Å². The number of hydrogen-bond donors (Lipinski definition) is 1.